The lowest BCUT2D eigenvalue weighted by molar-refractivity contribution is -0.121. The first-order valence-corrected chi connectivity index (χ1v) is 9.12. The summed E-state index contributed by atoms with van der Waals surface area (Å²) in [6, 6.07) is 7.20. The average Bonchev–Trinajstić information content (AvgIpc) is 2.81. The van der Waals surface area contributed by atoms with Crippen LogP contribution in [-0.2, 0) is 4.79 Å². The van der Waals surface area contributed by atoms with Crippen molar-refractivity contribution in [1.29, 1.82) is 0 Å². The number of imide groups is 1. The molecule has 1 heterocycles. The van der Waals surface area contributed by atoms with Gasteiger partial charge in [-0.1, -0.05) is 37.8 Å². The van der Waals surface area contributed by atoms with Gasteiger partial charge in [0.05, 0.1) is 11.1 Å². The van der Waals surface area contributed by atoms with E-state index < -0.39 is 11.8 Å². The van der Waals surface area contributed by atoms with Crippen LogP contribution in [0.15, 0.2) is 24.3 Å². The van der Waals surface area contributed by atoms with E-state index in [0.29, 0.717) is 30.3 Å². The third-order valence-corrected chi connectivity index (χ3v) is 4.92. The first-order valence-electron chi connectivity index (χ1n) is 9.12. The zero-order chi connectivity index (χ0) is 17.6. The van der Waals surface area contributed by atoms with Crippen LogP contribution in [0.1, 0.15) is 59.2 Å². The van der Waals surface area contributed by atoms with Gasteiger partial charge in [-0.3, -0.25) is 19.3 Å². The number of rotatable bonds is 6. The SMILES string of the molecule is Cl.O=C(CN1C(=O)c2ccccc2C1=O)NCCNC1CCCCCC1. The van der Waals surface area contributed by atoms with Crippen LogP contribution in [0.5, 0.6) is 0 Å². The van der Waals surface area contributed by atoms with Crippen LogP contribution in [0.4, 0.5) is 0 Å². The Morgan fingerprint density at radius 3 is 2.12 bits per heavy atom. The molecule has 0 bridgehead atoms. The molecule has 1 aromatic carbocycles. The first kappa shape index (κ1) is 20.4. The number of benzene rings is 1. The molecule has 1 aromatic rings. The number of hydrogen-bond donors (Lipinski definition) is 2. The minimum Gasteiger partial charge on any atom is -0.353 e. The lowest BCUT2D eigenvalue weighted by Gasteiger charge is -2.17. The van der Waals surface area contributed by atoms with Gasteiger partial charge in [-0.25, -0.2) is 0 Å². The lowest BCUT2D eigenvalue weighted by Crippen LogP contribution is -2.43. The largest absolute Gasteiger partial charge is 0.353 e. The highest BCUT2D eigenvalue weighted by molar-refractivity contribution is 6.22. The Morgan fingerprint density at radius 1 is 0.962 bits per heavy atom. The van der Waals surface area contributed by atoms with Gasteiger partial charge in [0.15, 0.2) is 0 Å². The molecule has 3 amide bonds. The quantitative estimate of drug-likeness (QED) is 0.451. The first-order chi connectivity index (χ1) is 12.2. The Balaban J connectivity index is 0.00000243. The molecule has 2 aliphatic rings. The van der Waals surface area contributed by atoms with Crippen LogP contribution in [0.25, 0.3) is 0 Å². The number of nitrogens with one attached hydrogen (secondary N) is 2. The third-order valence-electron chi connectivity index (χ3n) is 4.92. The molecule has 0 aromatic heterocycles. The van der Waals surface area contributed by atoms with Gasteiger partial charge >= 0.3 is 0 Å². The van der Waals surface area contributed by atoms with Crippen LogP contribution in [-0.4, -0.2) is 48.3 Å². The fraction of sp³-hybridized carbons (Fsp3) is 0.526. The fourth-order valence-corrected chi connectivity index (χ4v) is 3.54. The highest BCUT2D eigenvalue weighted by atomic mass is 35.5. The van der Waals surface area contributed by atoms with Crippen molar-refractivity contribution in [3.63, 3.8) is 0 Å². The molecular formula is C19H26ClN3O3. The van der Waals surface area contributed by atoms with Crippen LogP contribution in [0.3, 0.4) is 0 Å². The van der Waals surface area contributed by atoms with Crippen LogP contribution < -0.4 is 10.6 Å². The standard InChI is InChI=1S/C19H25N3O3.ClH/c23-17(21-12-11-20-14-7-3-1-2-4-8-14)13-22-18(24)15-9-5-6-10-16(15)19(22)25;/h5-6,9-10,14,20H,1-4,7-8,11-13H2,(H,21,23);1H. The number of amides is 3. The fourth-order valence-electron chi connectivity index (χ4n) is 3.54. The Hall–Kier alpha value is -1.92. The zero-order valence-electron chi connectivity index (χ0n) is 14.8. The van der Waals surface area contributed by atoms with Gasteiger partial charge in [-0.05, 0) is 25.0 Å². The Morgan fingerprint density at radius 2 is 1.54 bits per heavy atom. The van der Waals surface area contributed by atoms with E-state index in [9.17, 15) is 14.4 Å². The predicted molar refractivity (Wildman–Crippen MR) is 102 cm³/mol. The molecule has 0 atom stereocenters. The van der Waals surface area contributed by atoms with E-state index >= 15 is 0 Å². The van der Waals surface area contributed by atoms with E-state index in [2.05, 4.69) is 10.6 Å². The van der Waals surface area contributed by atoms with Gasteiger partial charge in [0, 0.05) is 19.1 Å². The van der Waals surface area contributed by atoms with E-state index in [1.807, 2.05) is 0 Å². The summed E-state index contributed by atoms with van der Waals surface area (Å²) in [5, 5.41) is 6.27. The van der Waals surface area contributed by atoms with Crippen LogP contribution in [0.2, 0.25) is 0 Å². The Kier molecular flexibility index (Phi) is 7.60. The summed E-state index contributed by atoms with van der Waals surface area (Å²) in [5.41, 5.74) is 0.741. The van der Waals surface area contributed by atoms with Crippen molar-refractivity contribution < 1.29 is 14.4 Å². The van der Waals surface area contributed by atoms with E-state index in [4.69, 9.17) is 0 Å². The number of halogens is 1. The van der Waals surface area contributed by atoms with E-state index in [0.717, 1.165) is 4.90 Å². The number of nitrogens with zero attached hydrogens (tertiary/aromatic N) is 1. The van der Waals surface area contributed by atoms with Gasteiger partial charge in [0.1, 0.15) is 6.54 Å². The highest BCUT2D eigenvalue weighted by Gasteiger charge is 2.36. The summed E-state index contributed by atoms with van der Waals surface area (Å²) >= 11 is 0. The average molecular weight is 380 g/mol. The van der Waals surface area contributed by atoms with E-state index in [1.54, 1.807) is 24.3 Å². The molecule has 1 fully saturated rings. The van der Waals surface area contributed by atoms with Gasteiger partial charge in [0.25, 0.3) is 11.8 Å². The van der Waals surface area contributed by atoms with Crippen molar-refractivity contribution in [1.82, 2.24) is 15.5 Å². The molecule has 0 saturated heterocycles. The predicted octanol–water partition coefficient (Wildman–Crippen LogP) is 2.13. The highest BCUT2D eigenvalue weighted by Crippen LogP contribution is 2.21. The molecule has 0 spiro atoms. The van der Waals surface area contributed by atoms with Gasteiger partial charge < -0.3 is 10.6 Å². The normalized spacial score (nSPS) is 17.5. The second-order valence-corrected chi connectivity index (χ2v) is 6.73. The lowest BCUT2D eigenvalue weighted by atomic mass is 10.1. The molecule has 7 heteroatoms. The molecule has 142 valence electrons. The maximum absolute atomic E-state index is 12.2. The monoisotopic (exact) mass is 379 g/mol. The Bertz CT molecular complexity index is 622. The summed E-state index contributed by atoms with van der Waals surface area (Å²) in [6.07, 6.45) is 7.56. The summed E-state index contributed by atoms with van der Waals surface area (Å²) in [5.74, 6) is -1.10. The van der Waals surface area contributed by atoms with Gasteiger partial charge in [0.2, 0.25) is 5.91 Å². The molecule has 0 radical (unpaired) electrons. The minimum atomic E-state index is -0.396. The van der Waals surface area contributed by atoms with Crippen LogP contribution in [0, 0.1) is 0 Å². The number of fused-ring (bicyclic) bond motifs is 1. The van der Waals surface area contributed by atoms with Crippen molar-refractivity contribution in [2.24, 2.45) is 0 Å². The maximum atomic E-state index is 12.2. The van der Waals surface area contributed by atoms with Gasteiger partial charge in [-0.15, -0.1) is 12.4 Å². The molecule has 0 unspecified atom stereocenters. The summed E-state index contributed by atoms with van der Waals surface area (Å²) in [4.78, 5) is 37.5. The summed E-state index contributed by atoms with van der Waals surface area (Å²) < 4.78 is 0. The molecule has 26 heavy (non-hydrogen) atoms. The molecule has 1 aliphatic heterocycles. The van der Waals surface area contributed by atoms with E-state index in [1.165, 1.54) is 38.5 Å². The molecule has 6 nitrogen and oxygen atoms in total. The molecule has 3 rings (SSSR count). The maximum Gasteiger partial charge on any atom is 0.262 e. The topological polar surface area (TPSA) is 78.5 Å². The van der Waals surface area contributed by atoms with Crippen molar-refractivity contribution in [3.8, 4) is 0 Å². The molecule has 1 saturated carbocycles. The van der Waals surface area contributed by atoms with E-state index in [-0.39, 0.29) is 24.9 Å². The minimum absolute atomic E-state index is 0. The molecule has 1 aliphatic carbocycles. The Labute approximate surface area is 160 Å². The number of carbonyl (C=O) groups is 3. The van der Waals surface area contributed by atoms with Gasteiger partial charge in [-0.2, -0.15) is 0 Å². The van der Waals surface area contributed by atoms with Crippen molar-refractivity contribution in [2.75, 3.05) is 19.6 Å². The third kappa shape index (κ3) is 4.83. The second kappa shape index (κ2) is 9.69. The number of carbonyl (C=O) groups excluding carboxylic acids is 3. The van der Waals surface area contributed by atoms with Crippen molar-refractivity contribution in [2.45, 2.75) is 44.6 Å². The zero-order valence-corrected chi connectivity index (χ0v) is 15.6. The van der Waals surface area contributed by atoms with Crippen molar-refractivity contribution in [3.05, 3.63) is 35.4 Å². The second-order valence-electron chi connectivity index (χ2n) is 6.73. The van der Waals surface area contributed by atoms with Crippen molar-refractivity contribution >= 4 is 30.1 Å². The smallest absolute Gasteiger partial charge is 0.262 e. The number of hydrogen-bond acceptors (Lipinski definition) is 4. The summed E-state index contributed by atoms with van der Waals surface area (Å²) in [7, 11) is 0. The molecular weight excluding hydrogens is 354 g/mol. The molecule has 2 N–H and O–H groups in total. The van der Waals surface area contributed by atoms with Crippen LogP contribution >= 0.6 is 12.4 Å². The summed E-state index contributed by atoms with van der Waals surface area (Å²) in [6.45, 7) is 0.979.